The lowest BCUT2D eigenvalue weighted by atomic mass is 10.2. The van der Waals surface area contributed by atoms with Gasteiger partial charge in [-0.25, -0.2) is 0 Å². The van der Waals surface area contributed by atoms with Crippen LogP contribution in [0.25, 0.3) is 0 Å². The number of ether oxygens (including phenoxy) is 1. The van der Waals surface area contributed by atoms with Crippen molar-refractivity contribution in [3.8, 4) is 5.75 Å². The molecule has 5 heteroatoms. The molecule has 5 nitrogen and oxygen atoms in total. The zero-order valence-electron chi connectivity index (χ0n) is 14.5. The fourth-order valence-electron chi connectivity index (χ4n) is 2.35. The van der Waals surface area contributed by atoms with Gasteiger partial charge in [-0.3, -0.25) is 9.59 Å². The molecule has 0 bridgehead atoms. The van der Waals surface area contributed by atoms with Crippen molar-refractivity contribution in [1.82, 2.24) is 0 Å². The smallest absolute Gasteiger partial charge is 0.255 e. The molecule has 0 aliphatic heterocycles. The number of rotatable bonds is 6. The van der Waals surface area contributed by atoms with Crippen molar-refractivity contribution in [3.05, 3.63) is 54.1 Å². The number of nitrogens with zero attached hydrogens (tertiary/aromatic N) is 1. The van der Waals surface area contributed by atoms with Gasteiger partial charge >= 0.3 is 0 Å². The Balaban J connectivity index is 1.58. The van der Waals surface area contributed by atoms with Crippen molar-refractivity contribution in [3.63, 3.8) is 0 Å². The molecule has 3 rings (SSSR count). The number of carbonyl (C=O) groups excluding carboxylic acids is 2. The third kappa shape index (κ3) is 4.59. The van der Waals surface area contributed by atoms with Crippen LogP contribution in [0, 0.1) is 5.92 Å². The SMILES string of the molecule is CC(=O)N(C)c1ccc(NC(=O)c2ccc(OCC3CC3)cc2)cc1. The van der Waals surface area contributed by atoms with Crippen molar-refractivity contribution in [1.29, 1.82) is 0 Å². The average molecular weight is 338 g/mol. The Bertz CT molecular complexity index is 750. The van der Waals surface area contributed by atoms with Gasteiger partial charge in [0.15, 0.2) is 0 Å². The van der Waals surface area contributed by atoms with Gasteiger partial charge in [-0.05, 0) is 67.3 Å². The second-order valence-corrected chi connectivity index (χ2v) is 6.36. The highest BCUT2D eigenvalue weighted by Gasteiger charge is 2.21. The minimum absolute atomic E-state index is 0.0409. The Labute approximate surface area is 147 Å². The normalized spacial score (nSPS) is 13.2. The number of amides is 2. The summed E-state index contributed by atoms with van der Waals surface area (Å²) in [5.74, 6) is 1.27. The van der Waals surface area contributed by atoms with Crippen molar-refractivity contribution in [2.75, 3.05) is 23.9 Å². The van der Waals surface area contributed by atoms with Crippen molar-refractivity contribution in [2.24, 2.45) is 5.92 Å². The van der Waals surface area contributed by atoms with E-state index in [-0.39, 0.29) is 11.8 Å². The fraction of sp³-hybridized carbons (Fsp3) is 0.300. The van der Waals surface area contributed by atoms with E-state index in [0.29, 0.717) is 17.2 Å². The monoisotopic (exact) mass is 338 g/mol. The third-order valence-corrected chi connectivity index (χ3v) is 4.28. The molecule has 1 fully saturated rings. The summed E-state index contributed by atoms with van der Waals surface area (Å²) < 4.78 is 5.67. The molecule has 1 saturated carbocycles. The molecule has 1 N–H and O–H groups in total. The van der Waals surface area contributed by atoms with Gasteiger partial charge in [-0.15, -0.1) is 0 Å². The molecule has 0 spiro atoms. The Morgan fingerprint density at radius 1 is 1.08 bits per heavy atom. The Kier molecular flexibility index (Phi) is 5.03. The topological polar surface area (TPSA) is 58.6 Å². The van der Waals surface area contributed by atoms with E-state index in [1.165, 1.54) is 19.8 Å². The first kappa shape index (κ1) is 17.0. The highest BCUT2D eigenvalue weighted by molar-refractivity contribution is 6.04. The molecule has 0 aromatic heterocycles. The summed E-state index contributed by atoms with van der Waals surface area (Å²) >= 11 is 0. The maximum atomic E-state index is 12.3. The fourth-order valence-corrected chi connectivity index (χ4v) is 2.35. The number of hydrogen-bond acceptors (Lipinski definition) is 3. The molecule has 2 aromatic rings. The molecule has 0 atom stereocenters. The van der Waals surface area contributed by atoms with E-state index >= 15 is 0 Å². The molecule has 0 radical (unpaired) electrons. The molecule has 2 amide bonds. The molecule has 0 heterocycles. The van der Waals surface area contributed by atoms with Crippen LogP contribution >= 0.6 is 0 Å². The zero-order chi connectivity index (χ0) is 17.8. The van der Waals surface area contributed by atoms with Gasteiger partial charge in [0.05, 0.1) is 6.61 Å². The number of hydrogen-bond donors (Lipinski definition) is 1. The molecule has 25 heavy (non-hydrogen) atoms. The Morgan fingerprint density at radius 2 is 1.72 bits per heavy atom. The number of benzene rings is 2. The number of nitrogens with one attached hydrogen (secondary N) is 1. The third-order valence-electron chi connectivity index (χ3n) is 4.28. The first-order chi connectivity index (χ1) is 12.0. The van der Waals surface area contributed by atoms with Crippen LogP contribution in [0.2, 0.25) is 0 Å². The highest BCUT2D eigenvalue weighted by Crippen LogP contribution is 2.29. The van der Waals surface area contributed by atoms with Crippen LogP contribution in [-0.2, 0) is 4.79 Å². The second kappa shape index (κ2) is 7.38. The van der Waals surface area contributed by atoms with Gasteiger partial charge in [-0.2, -0.15) is 0 Å². The number of anilines is 2. The van der Waals surface area contributed by atoms with Crippen LogP contribution in [0.3, 0.4) is 0 Å². The summed E-state index contributed by atoms with van der Waals surface area (Å²) in [7, 11) is 1.71. The van der Waals surface area contributed by atoms with Crippen LogP contribution in [0.1, 0.15) is 30.1 Å². The maximum absolute atomic E-state index is 12.3. The Morgan fingerprint density at radius 3 is 2.28 bits per heavy atom. The van der Waals surface area contributed by atoms with Crippen molar-refractivity contribution < 1.29 is 14.3 Å². The van der Waals surface area contributed by atoms with Crippen molar-refractivity contribution >= 4 is 23.2 Å². The first-order valence-electron chi connectivity index (χ1n) is 8.41. The van der Waals surface area contributed by atoms with E-state index in [9.17, 15) is 9.59 Å². The maximum Gasteiger partial charge on any atom is 0.255 e. The lowest BCUT2D eigenvalue weighted by molar-refractivity contribution is -0.116. The van der Waals surface area contributed by atoms with E-state index in [0.717, 1.165) is 18.0 Å². The van der Waals surface area contributed by atoms with Crippen LogP contribution in [0.5, 0.6) is 5.75 Å². The minimum atomic E-state index is -0.179. The quantitative estimate of drug-likeness (QED) is 0.873. The highest BCUT2D eigenvalue weighted by atomic mass is 16.5. The lowest BCUT2D eigenvalue weighted by Gasteiger charge is -2.15. The van der Waals surface area contributed by atoms with Gasteiger partial charge in [-0.1, -0.05) is 0 Å². The molecule has 1 aliphatic rings. The molecule has 0 unspecified atom stereocenters. The van der Waals surface area contributed by atoms with Gasteiger partial charge in [0.1, 0.15) is 5.75 Å². The summed E-state index contributed by atoms with van der Waals surface area (Å²) in [5, 5.41) is 2.85. The van der Waals surface area contributed by atoms with Crippen LogP contribution in [0.15, 0.2) is 48.5 Å². The van der Waals surface area contributed by atoms with E-state index in [1.807, 2.05) is 12.1 Å². The van der Waals surface area contributed by atoms with E-state index in [4.69, 9.17) is 4.74 Å². The predicted octanol–water partition coefficient (Wildman–Crippen LogP) is 3.71. The molecule has 1 aliphatic carbocycles. The van der Waals surface area contributed by atoms with Gasteiger partial charge in [0.25, 0.3) is 5.91 Å². The van der Waals surface area contributed by atoms with Crippen LogP contribution in [0.4, 0.5) is 11.4 Å². The van der Waals surface area contributed by atoms with Gasteiger partial charge in [0.2, 0.25) is 5.91 Å². The van der Waals surface area contributed by atoms with Crippen LogP contribution < -0.4 is 15.0 Å². The Hall–Kier alpha value is -2.82. The molecule has 2 aromatic carbocycles. The van der Waals surface area contributed by atoms with Gasteiger partial charge in [0, 0.05) is 30.9 Å². The van der Waals surface area contributed by atoms with E-state index < -0.39 is 0 Å². The second-order valence-electron chi connectivity index (χ2n) is 6.36. The summed E-state index contributed by atoms with van der Waals surface area (Å²) in [6, 6.07) is 14.3. The molecule has 130 valence electrons. The largest absolute Gasteiger partial charge is 0.493 e. The first-order valence-corrected chi connectivity index (χ1v) is 8.41. The summed E-state index contributed by atoms with van der Waals surface area (Å²) in [4.78, 5) is 25.2. The van der Waals surface area contributed by atoms with Gasteiger partial charge < -0.3 is 15.0 Å². The summed E-state index contributed by atoms with van der Waals surface area (Å²) in [6.45, 7) is 2.26. The lowest BCUT2D eigenvalue weighted by Crippen LogP contribution is -2.22. The van der Waals surface area contributed by atoms with Crippen molar-refractivity contribution in [2.45, 2.75) is 19.8 Å². The summed E-state index contributed by atoms with van der Waals surface area (Å²) in [5.41, 5.74) is 2.03. The molecule has 0 saturated heterocycles. The minimum Gasteiger partial charge on any atom is -0.493 e. The van der Waals surface area contributed by atoms with Crippen LogP contribution in [-0.4, -0.2) is 25.5 Å². The average Bonchev–Trinajstić information content (AvgIpc) is 3.45. The van der Waals surface area contributed by atoms with E-state index in [2.05, 4.69) is 5.32 Å². The zero-order valence-corrected chi connectivity index (χ0v) is 14.5. The van der Waals surface area contributed by atoms with E-state index in [1.54, 1.807) is 48.3 Å². The molecular weight excluding hydrogens is 316 g/mol. The number of carbonyl (C=O) groups is 2. The predicted molar refractivity (Wildman–Crippen MR) is 98.1 cm³/mol. The molecular formula is C20H22N2O3. The summed E-state index contributed by atoms with van der Waals surface area (Å²) in [6.07, 6.45) is 2.50. The standard InChI is InChI=1S/C20H22N2O3/c1-14(23)22(2)18-9-7-17(8-10-18)21-20(24)16-5-11-19(12-6-16)25-13-15-3-4-15/h5-12,15H,3-4,13H2,1-2H3,(H,21,24).